The van der Waals surface area contributed by atoms with Gasteiger partial charge >= 0.3 is 6.04 Å². The van der Waals surface area contributed by atoms with Gasteiger partial charge in [0.25, 0.3) is 0 Å². The summed E-state index contributed by atoms with van der Waals surface area (Å²) in [5.41, 5.74) is 1.47. The van der Waals surface area contributed by atoms with E-state index in [1.165, 1.54) is 24.5 Å². The Kier molecular flexibility index (Phi) is 3.00. The number of rotatable bonds is 3. The minimum Gasteiger partial charge on any atom is -0.298 e. The molecule has 0 aliphatic heterocycles. The second-order valence-electron chi connectivity index (χ2n) is 3.33. The lowest BCUT2D eigenvalue weighted by Gasteiger charge is -2.01. The smallest absolute Gasteiger partial charge is 0.298 e. The molecule has 0 unspecified atom stereocenters. The number of aldehydes is 1. The standard InChI is InChI=1S/C12H7FN2O2/c13-12(17)9-1-2-11(15-6-9)10-3-8(7-16)4-14-5-10/h1-7H. The number of pyridine rings is 2. The highest BCUT2D eigenvalue weighted by molar-refractivity contribution is 5.88. The SMILES string of the molecule is O=Cc1cncc(-c2ccc(C(=O)F)cn2)c1. The third kappa shape index (κ3) is 2.39. The molecule has 0 atom stereocenters. The lowest BCUT2D eigenvalue weighted by Crippen LogP contribution is -1.93. The third-order valence-corrected chi connectivity index (χ3v) is 2.18. The Labute approximate surface area is 96.1 Å². The Hall–Kier alpha value is -2.43. The van der Waals surface area contributed by atoms with Gasteiger partial charge in [0.15, 0.2) is 6.29 Å². The summed E-state index contributed by atoms with van der Waals surface area (Å²) in [6, 6.07) is 2.92. The van der Waals surface area contributed by atoms with Crippen molar-refractivity contribution in [3.63, 3.8) is 0 Å². The van der Waals surface area contributed by atoms with E-state index >= 15 is 0 Å². The molecule has 0 saturated carbocycles. The van der Waals surface area contributed by atoms with Crippen molar-refractivity contribution in [3.05, 3.63) is 47.9 Å². The first-order valence-corrected chi connectivity index (χ1v) is 4.77. The van der Waals surface area contributed by atoms with Crippen LogP contribution in [-0.2, 0) is 0 Å². The summed E-state index contributed by atoms with van der Waals surface area (Å²) in [5, 5.41) is 0. The molecule has 17 heavy (non-hydrogen) atoms. The predicted molar refractivity (Wildman–Crippen MR) is 58.3 cm³/mol. The van der Waals surface area contributed by atoms with Crippen molar-refractivity contribution in [3.8, 4) is 11.3 Å². The van der Waals surface area contributed by atoms with Gasteiger partial charge < -0.3 is 0 Å². The van der Waals surface area contributed by atoms with Gasteiger partial charge in [0.05, 0.1) is 11.3 Å². The Bertz CT molecular complexity index is 567. The van der Waals surface area contributed by atoms with Crippen LogP contribution in [-0.4, -0.2) is 22.3 Å². The molecular formula is C12H7FN2O2. The number of hydrogen-bond acceptors (Lipinski definition) is 4. The summed E-state index contributed by atoms with van der Waals surface area (Å²) in [6.45, 7) is 0. The Balaban J connectivity index is 2.39. The molecule has 0 bridgehead atoms. The number of aromatic nitrogens is 2. The van der Waals surface area contributed by atoms with Crippen molar-refractivity contribution in [2.75, 3.05) is 0 Å². The Morgan fingerprint density at radius 1 is 1.24 bits per heavy atom. The maximum Gasteiger partial charge on any atom is 0.333 e. The van der Waals surface area contributed by atoms with Crippen LogP contribution in [0, 0.1) is 0 Å². The van der Waals surface area contributed by atoms with E-state index in [4.69, 9.17) is 0 Å². The Morgan fingerprint density at radius 2 is 2.06 bits per heavy atom. The van der Waals surface area contributed by atoms with Crippen molar-refractivity contribution >= 4 is 12.3 Å². The molecule has 2 rings (SSSR count). The van der Waals surface area contributed by atoms with Crippen molar-refractivity contribution in [1.82, 2.24) is 9.97 Å². The number of halogens is 1. The van der Waals surface area contributed by atoms with Crippen LogP contribution >= 0.6 is 0 Å². The van der Waals surface area contributed by atoms with Gasteiger partial charge in [-0.15, -0.1) is 0 Å². The summed E-state index contributed by atoms with van der Waals surface area (Å²) in [7, 11) is 0. The fourth-order valence-electron chi connectivity index (χ4n) is 1.34. The number of carbonyl (C=O) groups excluding carboxylic acids is 2. The predicted octanol–water partition coefficient (Wildman–Crippen LogP) is 2.07. The molecule has 0 amide bonds. The maximum atomic E-state index is 12.3. The Morgan fingerprint density at radius 3 is 2.65 bits per heavy atom. The van der Waals surface area contributed by atoms with Crippen LogP contribution in [0.3, 0.4) is 0 Å². The monoisotopic (exact) mass is 230 g/mol. The van der Waals surface area contributed by atoms with Gasteiger partial charge in [-0.25, -0.2) is 0 Å². The molecule has 0 aromatic carbocycles. The molecule has 84 valence electrons. The molecule has 4 nitrogen and oxygen atoms in total. The van der Waals surface area contributed by atoms with Crippen LogP contribution in [0.1, 0.15) is 20.7 Å². The normalized spacial score (nSPS) is 9.94. The topological polar surface area (TPSA) is 59.9 Å². The van der Waals surface area contributed by atoms with Crippen molar-refractivity contribution in [2.24, 2.45) is 0 Å². The van der Waals surface area contributed by atoms with Gasteiger partial charge in [-0.2, -0.15) is 4.39 Å². The molecule has 0 saturated heterocycles. The van der Waals surface area contributed by atoms with E-state index in [1.54, 1.807) is 6.07 Å². The van der Waals surface area contributed by atoms with E-state index in [1.807, 2.05) is 0 Å². The van der Waals surface area contributed by atoms with Crippen molar-refractivity contribution in [2.45, 2.75) is 0 Å². The lowest BCUT2D eigenvalue weighted by molar-refractivity contribution is 0.0835. The summed E-state index contributed by atoms with van der Waals surface area (Å²) in [4.78, 5) is 28.8. The molecule has 0 aliphatic carbocycles. The molecule has 5 heteroatoms. The highest BCUT2D eigenvalue weighted by atomic mass is 19.1. The fourth-order valence-corrected chi connectivity index (χ4v) is 1.34. The van der Waals surface area contributed by atoms with Crippen LogP contribution in [0.4, 0.5) is 4.39 Å². The van der Waals surface area contributed by atoms with E-state index in [9.17, 15) is 14.0 Å². The van der Waals surface area contributed by atoms with Crippen LogP contribution in [0.15, 0.2) is 36.8 Å². The zero-order valence-corrected chi connectivity index (χ0v) is 8.63. The second kappa shape index (κ2) is 4.61. The summed E-state index contributed by atoms with van der Waals surface area (Å²) in [5.74, 6) is 0. The highest BCUT2D eigenvalue weighted by Crippen LogP contribution is 2.16. The summed E-state index contributed by atoms with van der Waals surface area (Å²) < 4.78 is 12.3. The number of hydrogen-bond donors (Lipinski definition) is 0. The van der Waals surface area contributed by atoms with Gasteiger partial charge in [0.2, 0.25) is 0 Å². The van der Waals surface area contributed by atoms with Gasteiger partial charge in [-0.3, -0.25) is 19.6 Å². The van der Waals surface area contributed by atoms with E-state index in [0.717, 1.165) is 6.20 Å². The fraction of sp³-hybridized carbons (Fsp3) is 0. The van der Waals surface area contributed by atoms with Crippen LogP contribution in [0.2, 0.25) is 0 Å². The minimum atomic E-state index is -1.52. The van der Waals surface area contributed by atoms with Crippen LogP contribution < -0.4 is 0 Å². The quantitative estimate of drug-likeness (QED) is 0.598. The van der Waals surface area contributed by atoms with Crippen LogP contribution in [0.5, 0.6) is 0 Å². The van der Waals surface area contributed by atoms with E-state index in [2.05, 4.69) is 9.97 Å². The molecule has 0 spiro atoms. The average molecular weight is 230 g/mol. The molecule has 0 fully saturated rings. The molecule has 2 heterocycles. The second-order valence-corrected chi connectivity index (χ2v) is 3.33. The van der Waals surface area contributed by atoms with E-state index in [-0.39, 0.29) is 5.56 Å². The van der Waals surface area contributed by atoms with E-state index in [0.29, 0.717) is 23.1 Å². The zero-order valence-electron chi connectivity index (χ0n) is 8.63. The van der Waals surface area contributed by atoms with Gasteiger partial charge in [-0.05, 0) is 18.2 Å². The number of carbonyl (C=O) groups is 2. The lowest BCUT2D eigenvalue weighted by atomic mass is 10.1. The van der Waals surface area contributed by atoms with Crippen LogP contribution in [0.25, 0.3) is 11.3 Å². The summed E-state index contributed by atoms with van der Waals surface area (Å²) >= 11 is 0. The average Bonchev–Trinajstić information content (AvgIpc) is 2.39. The maximum absolute atomic E-state index is 12.3. The zero-order chi connectivity index (χ0) is 12.3. The van der Waals surface area contributed by atoms with Gasteiger partial charge in [-0.1, -0.05) is 0 Å². The molecule has 0 N–H and O–H groups in total. The molecule has 2 aromatic rings. The first-order valence-electron chi connectivity index (χ1n) is 4.77. The first-order chi connectivity index (χ1) is 8.20. The minimum absolute atomic E-state index is 0.103. The van der Waals surface area contributed by atoms with Gasteiger partial charge in [0, 0.05) is 29.7 Å². The molecule has 0 aliphatic rings. The molecule has 2 aromatic heterocycles. The summed E-state index contributed by atoms with van der Waals surface area (Å²) in [6.07, 6.45) is 4.78. The first kappa shape index (κ1) is 11.1. The largest absolute Gasteiger partial charge is 0.333 e. The van der Waals surface area contributed by atoms with Crippen molar-refractivity contribution < 1.29 is 14.0 Å². The van der Waals surface area contributed by atoms with Crippen molar-refractivity contribution in [1.29, 1.82) is 0 Å². The highest BCUT2D eigenvalue weighted by Gasteiger charge is 2.05. The van der Waals surface area contributed by atoms with E-state index < -0.39 is 6.04 Å². The van der Waals surface area contributed by atoms with Gasteiger partial charge in [0.1, 0.15) is 0 Å². The molecular weight excluding hydrogens is 223 g/mol. The molecule has 0 radical (unpaired) electrons. The number of nitrogens with zero attached hydrogens (tertiary/aromatic N) is 2. The third-order valence-electron chi connectivity index (χ3n) is 2.18.